The van der Waals surface area contributed by atoms with Gasteiger partial charge in [0.15, 0.2) is 0 Å². The Balaban J connectivity index is 2.65. The van der Waals surface area contributed by atoms with Crippen LogP contribution in [0.5, 0.6) is 0 Å². The van der Waals surface area contributed by atoms with Crippen molar-refractivity contribution in [2.75, 3.05) is 20.1 Å². The normalized spacial score (nSPS) is 19.6. The number of carbonyl (C=O) groups excluding carboxylic acids is 2. The van der Waals surface area contributed by atoms with Crippen molar-refractivity contribution in [2.45, 2.75) is 18.9 Å². The monoisotopic (exact) mass is 229 g/mol. The first kappa shape index (κ1) is 12.3. The van der Waals surface area contributed by atoms with E-state index in [9.17, 15) is 14.4 Å². The van der Waals surface area contributed by atoms with E-state index >= 15 is 0 Å². The molecule has 16 heavy (non-hydrogen) atoms. The third kappa shape index (κ3) is 2.62. The van der Waals surface area contributed by atoms with Gasteiger partial charge in [-0.25, -0.2) is 9.59 Å². The third-order valence-electron chi connectivity index (χ3n) is 2.50. The van der Waals surface area contributed by atoms with Gasteiger partial charge in [0.1, 0.15) is 12.6 Å². The number of nitrogens with zero attached hydrogens (tertiary/aromatic N) is 2. The minimum absolute atomic E-state index is 0.207. The summed E-state index contributed by atoms with van der Waals surface area (Å²) in [6, 6.07) is -1.26. The molecule has 1 heterocycles. The maximum Gasteiger partial charge on any atom is 0.326 e. The molecule has 90 valence electrons. The molecular weight excluding hydrogens is 214 g/mol. The van der Waals surface area contributed by atoms with Crippen LogP contribution in [-0.4, -0.2) is 59.0 Å². The highest BCUT2D eigenvalue weighted by Crippen LogP contribution is 2.18. The van der Waals surface area contributed by atoms with E-state index in [4.69, 9.17) is 10.8 Å². The van der Waals surface area contributed by atoms with Gasteiger partial charge in [0, 0.05) is 13.6 Å². The van der Waals surface area contributed by atoms with Gasteiger partial charge in [0.05, 0.1) is 0 Å². The van der Waals surface area contributed by atoms with Gasteiger partial charge in [-0.05, 0) is 12.8 Å². The van der Waals surface area contributed by atoms with Crippen molar-refractivity contribution in [1.82, 2.24) is 9.80 Å². The fourth-order valence-corrected chi connectivity index (χ4v) is 1.77. The summed E-state index contributed by atoms with van der Waals surface area (Å²) in [7, 11) is 1.42. The fourth-order valence-electron chi connectivity index (χ4n) is 1.77. The van der Waals surface area contributed by atoms with E-state index in [1.165, 1.54) is 11.9 Å². The molecule has 1 aliphatic heterocycles. The van der Waals surface area contributed by atoms with Crippen LogP contribution in [0.3, 0.4) is 0 Å². The van der Waals surface area contributed by atoms with Crippen molar-refractivity contribution in [1.29, 1.82) is 0 Å². The van der Waals surface area contributed by atoms with E-state index in [0.29, 0.717) is 19.4 Å². The minimum atomic E-state index is -1.02. The van der Waals surface area contributed by atoms with Crippen LogP contribution < -0.4 is 5.73 Å². The van der Waals surface area contributed by atoms with Crippen molar-refractivity contribution < 1.29 is 19.5 Å². The van der Waals surface area contributed by atoms with Crippen LogP contribution in [0, 0.1) is 0 Å². The molecule has 1 rings (SSSR count). The molecule has 3 amide bonds. The maximum atomic E-state index is 11.8. The molecule has 0 bridgehead atoms. The quantitative estimate of drug-likeness (QED) is 0.652. The molecule has 0 aliphatic carbocycles. The van der Waals surface area contributed by atoms with Crippen molar-refractivity contribution in [3.05, 3.63) is 0 Å². The Hall–Kier alpha value is -1.79. The minimum Gasteiger partial charge on any atom is -0.480 e. The van der Waals surface area contributed by atoms with Crippen LogP contribution >= 0.6 is 0 Å². The standard InChI is InChI=1S/C9H15N3O4/c1-11(5-7(10)13)9(16)12-4-2-3-6(12)8(14)15/h6H,2-5H2,1H3,(H2,10,13)(H,14,15). The van der Waals surface area contributed by atoms with Crippen molar-refractivity contribution in [3.8, 4) is 0 Å². The van der Waals surface area contributed by atoms with Gasteiger partial charge in [-0.3, -0.25) is 4.79 Å². The van der Waals surface area contributed by atoms with Crippen molar-refractivity contribution in [2.24, 2.45) is 5.73 Å². The van der Waals surface area contributed by atoms with E-state index in [2.05, 4.69) is 0 Å². The number of rotatable bonds is 3. The maximum absolute atomic E-state index is 11.8. The van der Waals surface area contributed by atoms with Crippen LogP contribution in [0.15, 0.2) is 0 Å². The zero-order chi connectivity index (χ0) is 12.3. The number of hydrogen-bond acceptors (Lipinski definition) is 3. The second kappa shape index (κ2) is 4.82. The van der Waals surface area contributed by atoms with Crippen LogP contribution in [0.4, 0.5) is 4.79 Å². The van der Waals surface area contributed by atoms with Gasteiger partial charge >= 0.3 is 12.0 Å². The highest BCUT2D eigenvalue weighted by atomic mass is 16.4. The molecule has 7 heteroatoms. The lowest BCUT2D eigenvalue weighted by molar-refractivity contribution is -0.141. The summed E-state index contributed by atoms with van der Waals surface area (Å²) in [5, 5.41) is 8.89. The van der Waals surface area contributed by atoms with Gasteiger partial charge in [0.2, 0.25) is 5.91 Å². The van der Waals surface area contributed by atoms with Gasteiger partial charge < -0.3 is 20.6 Å². The molecule has 1 unspecified atom stereocenters. The van der Waals surface area contributed by atoms with Gasteiger partial charge in [-0.2, -0.15) is 0 Å². The molecule has 0 radical (unpaired) electrons. The Labute approximate surface area is 92.8 Å². The Morgan fingerprint density at radius 2 is 2.12 bits per heavy atom. The number of carbonyl (C=O) groups is 3. The molecule has 3 N–H and O–H groups in total. The number of likely N-dealkylation sites (N-methyl/N-ethyl adjacent to an activating group) is 1. The smallest absolute Gasteiger partial charge is 0.326 e. The zero-order valence-electron chi connectivity index (χ0n) is 9.05. The summed E-state index contributed by atoms with van der Waals surface area (Å²) < 4.78 is 0. The Kier molecular flexibility index (Phi) is 3.70. The number of hydrogen-bond donors (Lipinski definition) is 2. The fraction of sp³-hybridized carbons (Fsp3) is 0.667. The first-order valence-corrected chi connectivity index (χ1v) is 4.96. The average Bonchev–Trinajstić information content (AvgIpc) is 2.63. The van der Waals surface area contributed by atoms with Crippen molar-refractivity contribution >= 4 is 17.9 Å². The summed E-state index contributed by atoms with van der Waals surface area (Å²) in [4.78, 5) is 35.7. The number of carboxylic acids is 1. The summed E-state index contributed by atoms with van der Waals surface area (Å²) in [5.74, 6) is -1.64. The van der Waals surface area contributed by atoms with Crippen LogP contribution in [0.25, 0.3) is 0 Å². The van der Waals surface area contributed by atoms with Crippen LogP contribution in [0.1, 0.15) is 12.8 Å². The number of amides is 3. The first-order valence-electron chi connectivity index (χ1n) is 4.96. The highest BCUT2D eigenvalue weighted by molar-refractivity contribution is 5.86. The molecule has 1 fully saturated rings. The molecule has 0 saturated carbocycles. The summed E-state index contributed by atoms with van der Waals surface area (Å²) in [6.45, 7) is 0.195. The molecule has 0 aromatic heterocycles. The number of carboxylic acid groups (broad SMARTS) is 1. The molecule has 1 aliphatic rings. The summed E-state index contributed by atoms with van der Waals surface area (Å²) in [6.07, 6.45) is 1.11. The highest BCUT2D eigenvalue weighted by Gasteiger charge is 2.35. The molecule has 1 saturated heterocycles. The van der Waals surface area contributed by atoms with E-state index in [1.807, 2.05) is 0 Å². The third-order valence-corrected chi connectivity index (χ3v) is 2.50. The number of likely N-dealkylation sites (tertiary alicyclic amines) is 1. The lowest BCUT2D eigenvalue weighted by Crippen LogP contribution is -2.48. The molecule has 0 aromatic carbocycles. The summed E-state index contributed by atoms with van der Waals surface area (Å²) in [5.41, 5.74) is 4.96. The van der Waals surface area contributed by atoms with E-state index in [0.717, 1.165) is 4.90 Å². The largest absolute Gasteiger partial charge is 0.480 e. The van der Waals surface area contributed by atoms with E-state index in [-0.39, 0.29) is 6.54 Å². The molecule has 0 aromatic rings. The SMILES string of the molecule is CN(CC(N)=O)C(=O)N1CCCC1C(=O)O. The summed E-state index contributed by atoms with van der Waals surface area (Å²) >= 11 is 0. The Bertz CT molecular complexity index is 318. The van der Waals surface area contributed by atoms with Crippen molar-refractivity contribution in [3.63, 3.8) is 0 Å². The van der Waals surface area contributed by atoms with Crippen LogP contribution in [-0.2, 0) is 9.59 Å². The zero-order valence-corrected chi connectivity index (χ0v) is 9.05. The predicted octanol–water partition coefficient (Wildman–Crippen LogP) is -0.927. The van der Waals surface area contributed by atoms with Gasteiger partial charge in [0.25, 0.3) is 0 Å². The molecule has 1 atom stereocenters. The van der Waals surface area contributed by atoms with E-state index in [1.54, 1.807) is 0 Å². The van der Waals surface area contributed by atoms with E-state index < -0.39 is 23.9 Å². The number of aliphatic carboxylic acids is 1. The number of nitrogens with two attached hydrogens (primary N) is 1. The number of urea groups is 1. The average molecular weight is 229 g/mol. The Morgan fingerprint density at radius 3 is 2.62 bits per heavy atom. The topological polar surface area (TPSA) is 104 Å². The van der Waals surface area contributed by atoms with Crippen LogP contribution in [0.2, 0.25) is 0 Å². The lowest BCUT2D eigenvalue weighted by Gasteiger charge is -2.26. The second-order valence-corrected chi connectivity index (χ2v) is 3.79. The lowest BCUT2D eigenvalue weighted by atomic mass is 10.2. The predicted molar refractivity (Wildman–Crippen MR) is 54.6 cm³/mol. The molecule has 7 nitrogen and oxygen atoms in total. The Morgan fingerprint density at radius 1 is 1.50 bits per heavy atom. The number of primary amides is 1. The first-order chi connectivity index (χ1) is 7.43. The second-order valence-electron chi connectivity index (χ2n) is 3.79. The molecule has 0 spiro atoms. The van der Waals surface area contributed by atoms with Gasteiger partial charge in [-0.1, -0.05) is 0 Å². The van der Waals surface area contributed by atoms with Gasteiger partial charge in [-0.15, -0.1) is 0 Å². The molecular formula is C9H15N3O4.